The Kier molecular flexibility index (Phi) is 3.89. The minimum atomic E-state index is -1.04. The number of rotatable bonds is 4. The standard InChI is InChI=1S/C13H16N2O5/c1-7-9(13(18)19)5-8(20-7)6-14-10-3-4-11(16)15(2)12(10)17/h5,10,14H,3-4,6H2,1-2H3,(H,18,19). The molecule has 1 aromatic heterocycles. The number of likely N-dealkylation sites (N-methyl/N-ethyl adjacent to an activating group) is 1. The molecule has 0 bridgehead atoms. The minimum absolute atomic E-state index is 0.115. The van der Waals surface area contributed by atoms with Crippen LogP contribution in [-0.2, 0) is 16.1 Å². The van der Waals surface area contributed by atoms with Crippen LogP contribution in [0.25, 0.3) is 0 Å². The number of carboxylic acid groups (broad SMARTS) is 1. The molecule has 1 atom stereocenters. The van der Waals surface area contributed by atoms with Gasteiger partial charge in [-0.15, -0.1) is 0 Å². The molecule has 0 aromatic carbocycles. The molecule has 0 spiro atoms. The third-order valence-corrected chi connectivity index (χ3v) is 3.37. The summed E-state index contributed by atoms with van der Waals surface area (Å²) in [6.07, 6.45) is 0.755. The van der Waals surface area contributed by atoms with Gasteiger partial charge in [-0.05, 0) is 19.4 Å². The zero-order valence-electron chi connectivity index (χ0n) is 11.3. The fourth-order valence-corrected chi connectivity index (χ4v) is 2.17. The van der Waals surface area contributed by atoms with Crippen molar-refractivity contribution in [3.63, 3.8) is 0 Å². The fraction of sp³-hybridized carbons (Fsp3) is 0.462. The monoisotopic (exact) mass is 280 g/mol. The number of carbonyl (C=O) groups excluding carboxylic acids is 2. The van der Waals surface area contributed by atoms with Crippen LogP contribution in [-0.4, -0.2) is 40.9 Å². The van der Waals surface area contributed by atoms with E-state index in [1.807, 2.05) is 0 Å². The molecule has 20 heavy (non-hydrogen) atoms. The zero-order chi connectivity index (χ0) is 14.9. The second kappa shape index (κ2) is 5.46. The molecule has 0 saturated carbocycles. The van der Waals surface area contributed by atoms with Crippen LogP contribution in [0.15, 0.2) is 10.5 Å². The second-order valence-corrected chi connectivity index (χ2v) is 4.75. The predicted molar refractivity (Wildman–Crippen MR) is 68.0 cm³/mol. The Morgan fingerprint density at radius 2 is 2.25 bits per heavy atom. The average Bonchev–Trinajstić information content (AvgIpc) is 2.77. The Labute approximate surface area is 115 Å². The van der Waals surface area contributed by atoms with Gasteiger partial charge in [-0.25, -0.2) is 4.79 Å². The first kappa shape index (κ1) is 14.3. The van der Waals surface area contributed by atoms with Gasteiger partial charge in [0.05, 0.1) is 12.6 Å². The predicted octanol–water partition coefficient (Wildman–Crippen LogP) is 0.523. The maximum absolute atomic E-state index is 11.9. The average molecular weight is 280 g/mol. The van der Waals surface area contributed by atoms with Gasteiger partial charge in [0.15, 0.2) is 0 Å². The highest BCUT2D eigenvalue weighted by Crippen LogP contribution is 2.16. The molecule has 1 fully saturated rings. The van der Waals surface area contributed by atoms with Crippen molar-refractivity contribution < 1.29 is 23.9 Å². The van der Waals surface area contributed by atoms with E-state index in [4.69, 9.17) is 9.52 Å². The summed E-state index contributed by atoms with van der Waals surface area (Å²) in [5.74, 6) is -0.724. The highest BCUT2D eigenvalue weighted by Gasteiger charge is 2.31. The van der Waals surface area contributed by atoms with Crippen LogP contribution in [0.3, 0.4) is 0 Å². The van der Waals surface area contributed by atoms with Gasteiger partial charge in [0.25, 0.3) is 0 Å². The molecule has 1 saturated heterocycles. The molecular formula is C13H16N2O5. The number of aromatic carboxylic acids is 1. The molecular weight excluding hydrogens is 264 g/mol. The molecule has 7 heteroatoms. The number of aryl methyl sites for hydroxylation is 1. The molecule has 2 amide bonds. The number of hydrogen-bond acceptors (Lipinski definition) is 5. The molecule has 2 N–H and O–H groups in total. The van der Waals surface area contributed by atoms with E-state index in [1.54, 1.807) is 6.92 Å². The second-order valence-electron chi connectivity index (χ2n) is 4.75. The summed E-state index contributed by atoms with van der Waals surface area (Å²) in [5, 5.41) is 11.9. The summed E-state index contributed by atoms with van der Waals surface area (Å²) in [7, 11) is 1.46. The lowest BCUT2D eigenvalue weighted by Gasteiger charge is -2.28. The Hall–Kier alpha value is -2.15. The van der Waals surface area contributed by atoms with Crippen LogP contribution in [0.4, 0.5) is 0 Å². The normalized spacial score (nSPS) is 19.5. The molecule has 7 nitrogen and oxygen atoms in total. The number of carboxylic acids is 1. The highest BCUT2D eigenvalue weighted by atomic mass is 16.4. The van der Waals surface area contributed by atoms with Gasteiger partial charge >= 0.3 is 5.97 Å². The highest BCUT2D eigenvalue weighted by molar-refractivity contribution is 6.00. The van der Waals surface area contributed by atoms with Gasteiger partial charge < -0.3 is 9.52 Å². The van der Waals surface area contributed by atoms with Gasteiger partial charge in [0.1, 0.15) is 17.1 Å². The van der Waals surface area contributed by atoms with Crippen molar-refractivity contribution in [2.24, 2.45) is 0 Å². The summed E-state index contributed by atoms with van der Waals surface area (Å²) in [4.78, 5) is 35.2. The lowest BCUT2D eigenvalue weighted by atomic mass is 10.0. The summed E-state index contributed by atoms with van der Waals surface area (Å²) in [6.45, 7) is 1.82. The lowest BCUT2D eigenvalue weighted by molar-refractivity contribution is -0.148. The molecule has 0 radical (unpaired) electrons. The molecule has 2 rings (SSSR count). The number of nitrogens with one attached hydrogen (secondary N) is 1. The van der Waals surface area contributed by atoms with Crippen LogP contribution < -0.4 is 5.32 Å². The number of likely N-dealkylation sites (tertiary alicyclic amines) is 1. The number of carbonyl (C=O) groups is 3. The van der Waals surface area contributed by atoms with E-state index in [-0.39, 0.29) is 23.9 Å². The third-order valence-electron chi connectivity index (χ3n) is 3.37. The Bertz CT molecular complexity index is 563. The Morgan fingerprint density at radius 1 is 1.55 bits per heavy atom. The van der Waals surface area contributed by atoms with Gasteiger partial charge in [0.2, 0.25) is 11.8 Å². The maximum atomic E-state index is 11.9. The number of hydrogen-bond donors (Lipinski definition) is 2. The van der Waals surface area contributed by atoms with Crippen LogP contribution in [0.2, 0.25) is 0 Å². The zero-order valence-corrected chi connectivity index (χ0v) is 11.3. The van der Waals surface area contributed by atoms with Crippen molar-refractivity contribution in [1.29, 1.82) is 0 Å². The number of imide groups is 1. The summed E-state index contributed by atoms with van der Waals surface area (Å²) in [6, 6.07) is 0.990. The van der Waals surface area contributed by atoms with Crippen LogP contribution in [0, 0.1) is 6.92 Å². The maximum Gasteiger partial charge on any atom is 0.339 e. The van der Waals surface area contributed by atoms with E-state index in [2.05, 4.69) is 5.32 Å². The van der Waals surface area contributed by atoms with Crippen LogP contribution >= 0.6 is 0 Å². The van der Waals surface area contributed by atoms with Crippen molar-refractivity contribution in [1.82, 2.24) is 10.2 Å². The SMILES string of the molecule is Cc1oc(CNC2CCC(=O)N(C)C2=O)cc1C(=O)O. The first-order valence-corrected chi connectivity index (χ1v) is 6.26. The molecule has 1 unspecified atom stereocenters. The van der Waals surface area contributed by atoms with E-state index in [9.17, 15) is 14.4 Å². The van der Waals surface area contributed by atoms with Crippen molar-refractivity contribution in [2.75, 3.05) is 7.05 Å². The van der Waals surface area contributed by atoms with Gasteiger partial charge in [0, 0.05) is 13.5 Å². The number of amides is 2. The molecule has 2 heterocycles. The van der Waals surface area contributed by atoms with E-state index in [0.717, 1.165) is 4.90 Å². The fourth-order valence-electron chi connectivity index (χ4n) is 2.17. The first-order valence-electron chi connectivity index (χ1n) is 6.26. The number of nitrogens with zero attached hydrogens (tertiary/aromatic N) is 1. The number of piperidine rings is 1. The minimum Gasteiger partial charge on any atom is -0.478 e. The van der Waals surface area contributed by atoms with E-state index in [1.165, 1.54) is 13.1 Å². The van der Waals surface area contributed by atoms with Gasteiger partial charge in [-0.3, -0.25) is 19.8 Å². The Balaban J connectivity index is 1.99. The van der Waals surface area contributed by atoms with Crippen molar-refractivity contribution in [3.8, 4) is 0 Å². The van der Waals surface area contributed by atoms with Crippen LogP contribution in [0.5, 0.6) is 0 Å². The number of furan rings is 1. The van der Waals surface area contributed by atoms with Crippen molar-refractivity contribution in [3.05, 3.63) is 23.2 Å². The molecule has 1 aromatic rings. The summed E-state index contributed by atoms with van der Waals surface area (Å²) in [5.41, 5.74) is 0.115. The van der Waals surface area contributed by atoms with Crippen LogP contribution in [0.1, 0.15) is 34.7 Å². The molecule has 108 valence electrons. The quantitative estimate of drug-likeness (QED) is 0.780. The lowest BCUT2D eigenvalue weighted by Crippen LogP contribution is -2.51. The van der Waals surface area contributed by atoms with Gasteiger partial charge in [-0.2, -0.15) is 0 Å². The van der Waals surface area contributed by atoms with Crippen molar-refractivity contribution >= 4 is 17.8 Å². The molecule has 1 aliphatic heterocycles. The summed E-state index contributed by atoms with van der Waals surface area (Å²) < 4.78 is 5.32. The Morgan fingerprint density at radius 3 is 2.85 bits per heavy atom. The molecule has 0 aliphatic carbocycles. The summed E-state index contributed by atoms with van der Waals surface area (Å²) >= 11 is 0. The van der Waals surface area contributed by atoms with Gasteiger partial charge in [-0.1, -0.05) is 0 Å². The smallest absolute Gasteiger partial charge is 0.339 e. The van der Waals surface area contributed by atoms with E-state index >= 15 is 0 Å². The van der Waals surface area contributed by atoms with E-state index < -0.39 is 12.0 Å². The van der Waals surface area contributed by atoms with Crippen molar-refractivity contribution in [2.45, 2.75) is 32.4 Å². The topological polar surface area (TPSA) is 99.9 Å². The first-order chi connectivity index (χ1) is 9.40. The largest absolute Gasteiger partial charge is 0.478 e. The van der Waals surface area contributed by atoms with E-state index in [0.29, 0.717) is 24.4 Å². The molecule has 1 aliphatic rings. The third kappa shape index (κ3) is 2.72.